The minimum absolute atomic E-state index is 0.0791. The fourth-order valence-electron chi connectivity index (χ4n) is 5.52. The average molecular weight is 511 g/mol. The van der Waals surface area contributed by atoms with Crippen molar-refractivity contribution in [1.29, 1.82) is 0 Å². The fourth-order valence-corrected chi connectivity index (χ4v) is 5.52. The van der Waals surface area contributed by atoms with Crippen LogP contribution in [0.25, 0.3) is 22.4 Å². The number of carbonyl (C=O) groups is 1. The van der Waals surface area contributed by atoms with E-state index in [0.717, 1.165) is 59.6 Å². The molecule has 3 aromatic carbocycles. The van der Waals surface area contributed by atoms with E-state index in [9.17, 15) is 9.18 Å². The Kier molecular flexibility index (Phi) is 8.04. The number of anilines is 1. The molecule has 1 atom stereocenters. The van der Waals surface area contributed by atoms with Gasteiger partial charge in [0.2, 0.25) is 0 Å². The van der Waals surface area contributed by atoms with Crippen LogP contribution in [0.2, 0.25) is 0 Å². The lowest BCUT2D eigenvalue weighted by molar-refractivity contribution is 0.00876. The van der Waals surface area contributed by atoms with Crippen molar-refractivity contribution in [1.82, 2.24) is 4.57 Å². The summed E-state index contributed by atoms with van der Waals surface area (Å²) in [5.41, 5.74) is 6.05. The Bertz CT molecular complexity index is 1360. The van der Waals surface area contributed by atoms with E-state index in [1.54, 1.807) is 0 Å². The van der Waals surface area contributed by atoms with Crippen LogP contribution in [0.15, 0.2) is 84.9 Å². The molecule has 4 nitrogen and oxygen atoms in total. The van der Waals surface area contributed by atoms with Crippen molar-refractivity contribution >= 4 is 11.6 Å². The van der Waals surface area contributed by atoms with E-state index in [-0.39, 0.29) is 23.7 Å². The van der Waals surface area contributed by atoms with Gasteiger partial charge in [0.25, 0.3) is 5.91 Å². The van der Waals surface area contributed by atoms with Gasteiger partial charge in [-0.05, 0) is 79.1 Å². The summed E-state index contributed by atoms with van der Waals surface area (Å²) in [5.74, 6) is -0.347. The minimum Gasteiger partial charge on any atom is -0.378 e. The van der Waals surface area contributed by atoms with Gasteiger partial charge in [-0.1, -0.05) is 62.4 Å². The number of para-hydroxylation sites is 1. The Morgan fingerprint density at radius 2 is 1.63 bits per heavy atom. The summed E-state index contributed by atoms with van der Waals surface area (Å²) in [6.45, 7) is 5.78. The summed E-state index contributed by atoms with van der Waals surface area (Å²) >= 11 is 0. The predicted molar refractivity (Wildman–Crippen MR) is 152 cm³/mol. The molecule has 38 heavy (non-hydrogen) atoms. The Morgan fingerprint density at radius 3 is 2.26 bits per heavy atom. The van der Waals surface area contributed by atoms with Crippen molar-refractivity contribution in [3.63, 3.8) is 0 Å². The molecule has 1 amide bonds. The normalized spacial score (nSPS) is 15.5. The number of rotatable bonds is 8. The molecule has 5 rings (SSSR count). The van der Waals surface area contributed by atoms with E-state index < -0.39 is 0 Å². The van der Waals surface area contributed by atoms with E-state index in [4.69, 9.17) is 4.74 Å². The van der Waals surface area contributed by atoms with Crippen molar-refractivity contribution in [2.24, 2.45) is 0 Å². The maximum atomic E-state index is 14.1. The molecule has 4 aromatic rings. The number of nitrogens with one attached hydrogen (secondary N) is 1. The molecule has 1 aliphatic heterocycles. The van der Waals surface area contributed by atoms with E-state index in [1.165, 1.54) is 18.6 Å². The maximum absolute atomic E-state index is 14.1. The van der Waals surface area contributed by atoms with Crippen LogP contribution < -0.4 is 5.32 Å². The summed E-state index contributed by atoms with van der Waals surface area (Å²) in [6.07, 6.45) is 4.40. The second-order valence-corrected chi connectivity index (χ2v) is 10.3. The molecule has 0 saturated carbocycles. The molecule has 1 saturated heterocycles. The topological polar surface area (TPSA) is 43.3 Å². The van der Waals surface area contributed by atoms with Gasteiger partial charge in [-0.3, -0.25) is 4.79 Å². The highest BCUT2D eigenvalue weighted by atomic mass is 19.1. The summed E-state index contributed by atoms with van der Waals surface area (Å²) in [6, 6.07) is 26.2. The Labute approximate surface area is 224 Å². The van der Waals surface area contributed by atoms with E-state index in [1.807, 2.05) is 72.8 Å². The number of hydrogen-bond donors (Lipinski definition) is 1. The molecule has 1 fully saturated rings. The molecule has 196 valence electrons. The number of benzene rings is 3. The summed E-state index contributed by atoms with van der Waals surface area (Å²) in [4.78, 5) is 14.1. The first-order valence-corrected chi connectivity index (χ1v) is 13.6. The first kappa shape index (κ1) is 25.9. The molecule has 0 spiro atoms. The van der Waals surface area contributed by atoms with Gasteiger partial charge in [0.1, 0.15) is 5.82 Å². The highest BCUT2D eigenvalue weighted by Crippen LogP contribution is 2.42. The van der Waals surface area contributed by atoms with Crippen molar-refractivity contribution in [3.8, 4) is 22.4 Å². The number of hydrogen-bond acceptors (Lipinski definition) is 2. The number of carbonyl (C=O) groups excluding carboxylic acids is 1. The lowest BCUT2D eigenvalue weighted by Gasteiger charge is -2.24. The zero-order valence-corrected chi connectivity index (χ0v) is 22.1. The first-order valence-electron chi connectivity index (χ1n) is 13.6. The second kappa shape index (κ2) is 11.8. The third-order valence-corrected chi connectivity index (χ3v) is 7.24. The summed E-state index contributed by atoms with van der Waals surface area (Å²) < 4.78 is 22.4. The largest absolute Gasteiger partial charge is 0.378 e. The van der Waals surface area contributed by atoms with Crippen LogP contribution in [0.4, 0.5) is 10.1 Å². The number of ether oxygens (including phenoxy) is 1. The Morgan fingerprint density at radius 1 is 0.947 bits per heavy atom. The average Bonchev–Trinajstić information content (AvgIpc) is 3.29. The third kappa shape index (κ3) is 5.58. The molecule has 1 unspecified atom stereocenters. The lowest BCUT2D eigenvalue weighted by atomic mass is 9.94. The van der Waals surface area contributed by atoms with Gasteiger partial charge >= 0.3 is 0 Å². The van der Waals surface area contributed by atoms with Gasteiger partial charge in [-0.25, -0.2) is 4.39 Å². The number of aromatic nitrogens is 1. The molecule has 1 N–H and O–H groups in total. The van der Waals surface area contributed by atoms with Gasteiger partial charge < -0.3 is 14.6 Å². The molecule has 2 heterocycles. The van der Waals surface area contributed by atoms with Crippen molar-refractivity contribution in [3.05, 3.63) is 102 Å². The molecular weight excluding hydrogens is 475 g/mol. The van der Waals surface area contributed by atoms with Crippen LogP contribution in [0.5, 0.6) is 0 Å². The summed E-state index contributed by atoms with van der Waals surface area (Å²) in [5, 5.41) is 3.13. The molecule has 1 aliphatic rings. The van der Waals surface area contributed by atoms with Crippen LogP contribution in [0.1, 0.15) is 61.5 Å². The minimum atomic E-state index is -0.283. The number of nitrogens with zero attached hydrogens (tertiary/aromatic N) is 1. The molecule has 0 bridgehead atoms. The van der Waals surface area contributed by atoms with Gasteiger partial charge in [0, 0.05) is 30.1 Å². The van der Waals surface area contributed by atoms with Gasteiger partial charge in [-0.15, -0.1) is 0 Å². The molecular formula is C33H35FN2O2. The first-order chi connectivity index (χ1) is 18.5. The number of amides is 1. The smallest absolute Gasteiger partial charge is 0.258 e. The Balaban J connectivity index is 1.72. The van der Waals surface area contributed by atoms with Crippen molar-refractivity contribution in [2.45, 2.75) is 58.1 Å². The monoisotopic (exact) mass is 510 g/mol. The van der Waals surface area contributed by atoms with Gasteiger partial charge in [0.15, 0.2) is 0 Å². The molecule has 5 heteroatoms. The van der Waals surface area contributed by atoms with Crippen LogP contribution in [0.3, 0.4) is 0 Å². The van der Waals surface area contributed by atoms with Crippen molar-refractivity contribution < 1.29 is 13.9 Å². The molecule has 0 radical (unpaired) electrons. The highest BCUT2D eigenvalue weighted by Gasteiger charge is 2.31. The maximum Gasteiger partial charge on any atom is 0.258 e. The van der Waals surface area contributed by atoms with Gasteiger partial charge in [-0.2, -0.15) is 0 Å². The zero-order valence-electron chi connectivity index (χ0n) is 22.1. The lowest BCUT2D eigenvalue weighted by Crippen LogP contribution is -2.22. The highest BCUT2D eigenvalue weighted by molar-refractivity contribution is 6.12. The quantitative estimate of drug-likeness (QED) is 0.259. The predicted octanol–water partition coefficient (Wildman–Crippen LogP) is 8.30. The SMILES string of the molecule is CC(C)c1c(C(=O)Nc2ccccc2)c(-c2ccccc2)c(-c2ccc(F)cc2)n1CCC1CCCCO1. The number of halogens is 1. The van der Waals surface area contributed by atoms with Crippen LogP contribution in [0, 0.1) is 5.82 Å². The third-order valence-electron chi connectivity index (χ3n) is 7.24. The van der Waals surface area contributed by atoms with E-state index in [2.05, 4.69) is 23.7 Å². The van der Waals surface area contributed by atoms with Gasteiger partial charge in [0.05, 0.1) is 17.4 Å². The molecule has 1 aromatic heterocycles. The van der Waals surface area contributed by atoms with E-state index in [0.29, 0.717) is 12.1 Å². The van der Waals surface area contributed by atoms with Crippen LogP contribution >= 0.6 is 0 Å². The summed E-state index contributed by atoms with van der Waals surface area (Å²) in [7, 11) is 0. The molecule has 0 aliphatic carbocycles. The van der Waals surface area contributed by atoms with Crippen molar-refractivity contribution in [2.75, 3.05) is 11.9 Å². The van der Waals surface area contributed by atoms with Crippen LogP contribution in [-0.2, 0) is 11.3 Å². The zero-order chi connectivity index (χ0) is 26.5. The standard InChI is InChI=1S/C33H35FN2O2/c1-23(2)31-30(33(37)35-27-13-7-4-8-14-27)29(24-11-5-3-6-12-24)32(25-16-18-26(34)19-17-25)36(31)21-20-28-15-9-10-22-38-28/h3-8,11-14,16-19,23,28H,9-10,15,20-22H2,1-2H3,(H,35,37). The van der Waals surface area contributed by atoms with E-state index >= 15 is 0 Å². The fraction of sp³-hybridized carbons (Fsp3) is 0.303. The second-order valence-electron chi connectivity index (χ2n) is 10.3. The Hall–Kier alpha value is -3.70. The van der Waals surface area contributed by atoms with Crippen LogP contribution in [-0.4, -0.2) is 23.2 Å².